The van der Waals surface area contributed by atoms with Crippen molar-refractivity contribution in [2.45, 2.75) is 33.7 Å². The Morgan fingerprint density at radius 3 is 2.28 bits per heavy atom. The van der Waals surface area contributed by atoms with Gasteiger partial charge in [-0.3, -0.25) is 14.5 Å². The Bertz CT molecular complexity index is 1070. The molecule has 3 aromatic rings. The summed E-state index contributed by atoms with van der Waals surface area (Å²) in [5.74, 6) is -0.143. The highest BCUT2D eigenvalue weighted by molar-refractivity contribution is 7.08. The summed E-state index contributed by atoms with van der Waals surface area (Å²) >= 11 is 1.54. The maximum Gasteiger partial charge on any atom is 0.255 e. The van der Waals surface area contributed by atoms with Gasteiger partial charge in [0.1, 0.15) is 12.6 Å². The normalized spacial score (nSPS) is 17.2. The van der Waals surface area contributed by atoms with Crippen molar-refractivity contribution in [2.75, 3.05) is 16.3 Å². The van der Waals surface area contributed by atoms with E-state index in [1.54, 1.807) is 9.80 Å². The number of anilines is 2. The second-order valence-electron chi connectivity index (χ2n) is 7.68. The van der Waals surface area contributed by atoms with Crippen molar-refractivity contribution >= 4 is 34.5 Å². The highest BCUT2D eigenvalue weighted by Gasteiger charge is 2.43. The Kier molecular flexibility index (Phi) is 5.01. The zero-order valence-corrected chi connectivity index (χ0v) is 17.9. The van der Waals surface area contributed by atoms with Gasteiger partial charge in [-0.1, -0.05) is 35.9 Å². The first-order chi connectivity index (χ1) is 13.9. The van der Waals surface area contributed by atoms with Gasteiger partial charge in [0.25, 0.3) is 5.91 Å². The van der Waals surface area contributed by atoms with Crippen molar-refractivity contribution in [3.8, 4) is 0 Å². The number of amides is 2. The molecule has 1 fully saturated rings. The molecule has 0 bridgehead atoms. The van der Waals surface area contributed by atoms with E-state index in [9.17, 15) is 9.59 Å². The van der Waals surface area contributed by atoms with Crippen LogP contribution in [0.5, 0.6) is 0 Å². The van der Waals surface area contributed by atoms with E-state index in [1.165, 1.54) is 11.3 Å². The Morgan fingerprint density at radius 2 is 1.66 bits per heavy atom. The second kappa shape index (κ2) is 7.48. The van der Waals surface area contributed by atoms with Gasteiger partial charge in [0.2, 0.25) is 5.91 Å². The lowest BCUT2D eigenvalue weighted by atomic mass is 9.98. The molecule has 0 spiro atoms. The van der Waals surface area contributed by atoms with Crippen LogP contribution < -0.4 is 9.80 Å². The Morgan fingerprint density at radius 1 is 0.931 bits per heavy atom. The van der Waals surface area contributed by atoms with Crippen molar-refractivity contribution in [3.63, 3.8) is 0 Å². The summed E-state index contributed by atoms with van der Waals surface area (Å²) in [6.07, 6.45) is 0. The van der Waals surface area contributed by atoms with Crippen LogP contribution in [0.15, 0.2) is 53.2 Å². The third-order valence-electron chi connectivity index (χ3n) is 5.50. The highest BCUT2D eigenvalue weighted by Crippen LogP contribution is 2.38. The molecule has 4 nitrogen and oxygen atoms in total. The zero-order chi connectivity index (χ0) is 20.7. The van der Waals surface area contributed by atoms with Crippen molar-refractivity contribution < 1.29 is 9.59 Å². The summed E-state index contributed by atoms with van der Waals surface area (Å²) in [6.45, 7) is 8.02. The van der Waals surface area contributed by atoms with Crippen molar-refractivity contribution in [3.05, 3.63) is 81.0 Å². The van der Waals surface area contributed by atoms with E-state index in [1.807, 2.05) is 74.9 Å². The Hall–Kier alpha value is -2.92. The van der Waals surface area contributed by atoms with Gasteiger partial charge in [-0.25, -0.2) is 0 Å². The van der Waals surface area contributed by atoms with Gasteiger partial charge in [-0.2, -0.15) is 11.3 Å². The Labute approximate surface area is 175 Å². The molecule has 2 aromatic carbocycles. The number of piperazine rings is 1. The first-order valence-corrected chi connectivity index (χ1v) is 10.6. The molecular weight excluding hydrogens is 380 g/mol. The lowest BCUT2D eigenvalue weighted by Crippen LogP contribution is -2.56. The number of benzene rings is 2. The predicted molar refractivity (Wildman–Crippen MR) is 119 cm³/mol. The average Bonchev–Trinajstić information content (AvgIpc) is 3.18. The monoisotopic (exact) mass is 404 g/mol. The van der Waals surface area contributed by atoms with Gasteiger partial charge in [0.05, 0.1) is 5.69 Å². The fraction of sp³-hybridized carbons (Fsp3) is 0.250. The van der Waals surface area contributed by atoms with Gasteiger partial charge in [-0.05, 0) is 72.8 Å². The number of carbonyl (C=O) groups excluding carboxylic acids is 2. The average molecular weight is 405 g/mol. The minimum atomic E-state index is -0.664. The van der Waals surface area contributed by atoms with Crippen LogP contribution in [-0.4, -0.2) is 18.4 Å². The van der Waals surface area contributed by atoms with E-state index in [-0.39, 0.29) is 18.4 Å². The molecule has 1 atom stereocenters. The van der Waals surface area contributed by atoms with Gasteiger partial charge < -0.3 is 4.90 Å². The second-order valence-corrected chi connectivity index (χ2v) is 8.46. The molecule has 148 valence electrons. The van der Waals surface area contributed by atoms with E-state index in [0.717, 1.165) is 39.2 Å². The molecule has 1 saturated heterocycles. The molecule has 1 aromatic heterocycles. The summed E-state index contributed by atoms with van der Waals surface area (Å²) in [5, 5.41) is 3.91. The van der Waals surface area contributed by atoms with E-state index < -0.39 is 6.04 Å². The first kappa shape index (κ1) is 19.4. The molecule has 0 N–H and O–H groups in total. The van der Waals surface area contributed by atoms with Crippen LogP contribution in [0, 0.1) is 27.7 Å². The molecule has 0 saturated carbocycles. The van der Waals surface area contributed by atoms with Crippen LogP contribution in [0.2, 0.25) is 0 Å². The number of hydrogen-bond acceptors (Lipinski definition) is 3. The molecule has 0 radical (unpaired) electrons. The minimum Gasteiger partial charge on any atom is -0.300 e. The number of aryl methyl sites for hydroxylation is 4. The van der Waals surface area contributed by atoms with Gasteiger partial charge >= 0.3 is 0 Å². The topological polar surface area (TPSA) is 40.6 Å². The van der Waals surface area contributed by atoms with E-state index in [2.05, 4.69) is 6.07 Å². The quantitative estimate of drug-likeness (QED) is 0.609. The van der Waals surface area contributed by atoms with Crippen molar-refractivity contribution in [1.29, 1.82) is 0 Å². The fourth-order valence-electron chi connectivity index (χ4n) is 4.18. The lowest BCUT2D eigenvalue weighted by molar-refractivity contribution is -0.128. The van der Waals surface area contributed by atoms with Crippen molar-refractivity contribution in [2.24, 2.45) is 0 Å². The van der Waals surface area contributed by atoms with Gasteiger partial charge in [0.15, 0.2) is 0 Å². The van der Waals surface area contributed by atoms with E-state index in [4.69, 9.17) is 0 Å². The molecule has 0 aliphatic carbocycles. The highest BCUT2D eigenvalue weighted by atomic mass is 32.1. The predicted octanol–water partition coefficient (Wildman–Crippen LogP) is 5.10. The maximum atomic E-state index is 13.8. The smallest absolute Gasteiger partial charge is 0.255 e. The molecule has 1 aliphatic rings. The van der Waals surface area contributed by atoms with Crippen LogP contribution in [0.4, 0.5) is 11.4 Å². The van der Waals surface area contributed by atoms with Crippen molar-refractivity contribution in [1.82, 2.24) is 0 Å². The minimum absolute atomic E-state index is 0.0402. The zero-order valence-electron chi connectivity index (χ0n) is 17.1. The molecule has 2 heterocycles. The third kappa shape index (κ3) is 3.36. The SMILES string of the molecule is Cc1ccc(N2C(=O)CN(c3c(C)cccc3C)C(=O)C2c2ccsc2)c(C)c1. The molecule has 29 heavy (non-hydrogen) atoms. The van der Waals surface area contributed by atoms with Crippen LogP contribution in [0.1, 0.15) is 33.9 Å². The number of thiophene rings is 1. The van der Waals surface area contributed by atoms with Crippen LogP contribution >= 0.6 is 11.3 Å². The summed E-state index contributed by atoms with van der Waals surface area (Å²) in [6, 6.07) is 13.2. The number of hydrogen-bond donors (Lipinski definition) is 0. The largest absolute Gasteiger partial charge is 0.300 e. The van der Waals surface area contributed by atoms with Crippen LogP contribution in [-0.2, 0) is 9.59 Å². The standard InChI is InChI=1S/C24H24N2O2S/c1-15-8-9-20(18(4)12-15)26-21(27)13-25(22-16(2)6-5-7-17(22)3)24(28)23(26)19-10-11-29-14-19/h5-12,14,23H,13H2,1-4H3. The Balaban J connectivity index is 1.85. The summed E-state index contributed by atoms with van der Waals surface area (Å²) in [7, 11) is 0. The molecular formula is C24H24N2O2S. The lowest BCUT2D eigenvalue weighted by Gasteiger charge is -2.41. The number of rotatable bonds is 3. The number of para-hydroxylation sites is 1. The van der Waals surface area contributed by atoms with Crippen LogP contribution in [0.3, 0.4) is 0 Å². The van der Waals surface area contributed by atoms with Gasteiger partial charge in [0, 0.05) is 5.69 Å². The molecule has 1 aliphatic heterocycles. The first-order valence-electron chi connectivity index (χ1n) is 9.67. The molecule has 4 rings (SSSR count). The summed E-state index contributed by atoms with van der Waals surface area (Å²) in [5.41, 5.74) is 6.60. The van der Waals surface area contributed by atoms with Gasteiger partial charge in [-0.15, -0.1) is 0 Å². The molecule has 5 heteroatoms. The molecule has 2 amide bonds. The van der Waals surface area contributed by atoms with E-state index >= 15 is 0 Å². The fourth-order valence-corrected chi connectivity index (χ4v) is 4.86. The summed E-state index contributed by atoms with van der Waals surface area (Å²) in [4.78, 5) is 30.5. The maximum absolute atomic E-state index is 13.8. The number of carbonyl (C=O) groups is 2. The summed E-state index contributed by atoms with van der Waals surface area (Å²) < 4.78 is 0. The number of nitrogens with zero attached hydrogens (tertiary/aromatic N) is 2. The third-order valence-corrected chi connectivity index (χ3v) is 6.20. The van der Waals surface area contributed by atoms with E-state index in [0.29, 0.717) is 0 Å². The van der Waals surface area contributed by atoms with Crippen LogP contribution in [0.25, 0.3) is 0 Å². The molecule has 1 unspecified atom stereocenters.